The van der Waals surface area contributed by atoms with Gasteiger partial charge >= 0.3 is 5.97 Å². The third-order valence-corrected chi connectivity index (χ3v) is 6.51. The number of hydrogen-bond acceptors (Lipinski definition) is 3. The van der Waals surface area contributed by atoms with Gasteiger partial charge in [-0.2, -0.15) is 10.4 Å². The summed E-state index contributed by atoms with van der Waals surface area (Å²) in [5, 5.41) is 28.1. The van der Waals surface area contributed by atoms with Crippen LogP contribution in [-0.2, 0) is 5.41 Å². The van der Waals surface area contributed by atoms with Gasteiger partial charge in [0.2, 0.25) is 0 Å². The average Bonchev–Trinajstić information content (AvgIpc) is 3.41. The third-order valence-electron chi connectivity index (χ3n) is 6.51. The van der Waals surface area contributed by atoms with Crippen molar-refractivity contribution in [1.29, 1.82) is 5.26 Å². The Hall–Kier alpha value is -4.44. The lowest BCUT2D eigenvalue weighted by atomic mass is 9.81. The van der Waals surface area contributed by atoms with Crippen molar-refractivity contribution in [2.75, 3.05) is 0 Å². The molecule has 5 rings (SSSR count). The van der Waals surface area contributed by atoms with Crippen LogP contribution >= 0.6 is 0 Å². The van der Waals surface area contributed by atoms with Crippen molar-refractivity contribution in [3.8, 4) is 22.9 Å². The Morgan fingerprint density at radius 1 is 1.17 bits per heavy atom. The summed E-state index contributed by atoms with van der Waals surface area (Å²) in [6.07, 6.45) is 2.01. The molecular weight excluding hydrogens is 443 g/mol. The minimum absolute atomic E-state index is 0.195. The first-order chi connectivity index (χ1) is 16.7. The maximum atomic E-state index is 14.2. The van der Waals surface area contributed by atoms with E-state index in [-0.39, 0.29) is 17.8 Å². The fourth-order valence-electron chi connectivity index (χ4n) is 4.75. The first-order valence-corrected chi connectivity index (χ1v) is 11.2. The molecule has 0 aliphatic carbocycles. The van der Waals surface area contributed by atoms with Crippen LogP contribution in [-0.4, -0.2) is 25.8 Å². The molecule has 0 aliphatic heterocycles. The summed E-state index contributed by atoms with van der Waals surface area (Å²) in [4.78, 5) is 11.5. The number of nitrogens with zero attached hydrogens (tertiary/aromatic N) is 3. The minimum atomic E-state index is -0.995. The lowest BCUT2D eigenvalue weighted by Gasteiger charge is -2.27. The summed E-state index contributed by atoms with van der Waals surface area (Å²) in [6, 6.07) is 18.1. The van der Waals surface area contributed by atoms with E-state index in [9.17, 15) is 19.6 Å². The molecule has 0 saturated carbocycles. The summed E-state index contributed by atoms with van der Waals surface area (Å²) in [5.41, 5.74) is 5.29. The highest BCUT2D eigenvalue weighted by Gasteiger charge is 2.32. The zero-order chi connectivity index (χ0) is 24.9. The maximum Gasteiger partial charge on any atom is 0.335 e. The van der Waals surface area contributed by atoms with Gasteiger partial charge in [0, 0.05) is 39.6 Å². The van der Waals surface area contributed by atoms with Crippen LogP contribution in [0, 0.1) is 24.1 Å². The molecule has 2 heterocycles. The molecule has 6 nitrogen and oxygen atoms in total. The quantitative estimate of drug-likeness (QED) is 0.309. The van der Waals surface area contributed by atoms with E-state index in [1.165, 1.54) is 6.07 Å². The number of nitriles is 1. The lowest BCUT2D eigenvalue weighted by molar-refractivity contribution is 0.0697. The van der Waals surface area contributed by atoms with Crippen molar-refractivity contribution in [2.45, 2.75) is 32.6 Å². The van der Waals surface area contributed by atoms with Crippen molar-refractivity contribution in [1.82, 2.24) is 14.8 Å². The molecule has 0 amide bonds. The highest BCUT2D eigenvalue weighted by atomic mass is 19.1. The van der Waals surface area contributed by atoms with Gasteiger partial charge in [-0.3, -0.25) is 5.10 Å². The van der Waals surface area contributed by atoms with Gasteiger partial charge in [0.05, 0.1) is 28.9 Å². The topological polar surface area (TPSA) is 94.7 Å². The highest BCUT2D eigenvalue weighted by molar-refractivity contribution is 6.06. The number of benzene rings is 3. The van der Waals surface area contributed by atoms with Crippen LogP contribution in [0.3, 0.4) is 0 Å². The molecule has 0 unspecified atom stereocenters. The number of H-pyrrole nitrogens is 1. The molecule has 7 heteroatoms. The predicted molar refractivity (Wildman–Crippen MR) is 133 cm³/mol. The number of carboxylic acid groups (broad SMARTS) is 1. The Morgan fingerprint density at radius 3 is 2.57 bits per heavy atom. The minimum Gasteiger partial charge on any atom is -0.478 e. The van der Waals surface area contributed by atoms with E-state index in [1.807, 2.05) is 26.0 Å². The molecule has 35 heavy (non-hydrogen) atoms. The van der Waals surface area contributed by atoms with Gasteiger partial charge in [-0.15, -0.1) is 0 Å². The second kappa shape index (κ2) is 8.10. The number of fused-ring (bicyclic) bond motifs is 2. The number of rotatable bonds is 5. The fourth-order valence-corrected chi connectivity index (χ4v) is 4.75. The second-order valence-corrected chi connectivity index (χ2v) is 9.42. The van der Waals surface area contributed by atoms with Gasteiger partial charge < -0.3 is 9.67 Å². The van der Waals surface area contributed by atoms with Gasteiger partial charge in [-0.1, -0.05) is 26.0 Å². The lowest BCUT2D eigenvalue weighted by Crippen LogP contribution is -2.22. The molecule has 0 radical (unpaired) electrons. The molecule has 0 aliphatic rings. The first-order valence-electron chi connectivity index (χ1n) is 11.2. The molecule has 0 bridgehead atoms. The summed E-state index contributed by atoms with van der Waals surface area (Å²) in [6.45, 7) is 5.75. The molecule has 5 aromatic rings. The van der Waals surface area contributed by atoms with E-state index >= 15 is 0 Å². The molecule has 174 valence electrons. The normalized spacial score (nSPS) is 11.7. The molecule has 2 aromatic heterocycles. The van der Waals surface area contributed by atoms with E-state index in [0.717, 1.165) is 44.3 Å². The fraction of sp³-hybridized carbons (Fsp3) is 0.179. The molecule has 2 N–H and O–H groups in total. The first kappa shape index (κ1) is 22.4. The van der Waals surface area contributed by atoms with Crippen LogP contribution < -0.4 is 0 Å². The van der Waals surface area contributed by atoms with Crippen molar-refractivity contribution in [3.05, 3.63) is 83.4 Å². The Balaban J connectivity index is 1.96. The van der Waals surface area contributed by atoms with E-state index in [2.05, 4.69) is 20.8 Å². The number of aromatic amines is 1. The second-order valence-electron chi connectivity index (χ2n) is 9.42. The predicted octanol–water partition coefficient (Wildman–Crippen LogP) is 6.51. The van der Waals surface area contributed by atoms with Crippen LogP contribution in [0.2, 0.25) is 0 Å². The number of hydrogen-bond donors (Lipinski definition) is 2. The maximum absolute atomic E-state index is 14.2. The summed E-state index contributed by atoms with van der Waals surface area (Å²) < 4.78 is 16.3. The van der Waals surface area contributed by atoms with Gasteiger partial charge in [0.25, 0.3) is 0 Å². The molecule has 0 atom stereocenters. The Labute approximate surface area is 201 Å². The van der Waals surface area contributed by atoms with Gasteiger partial charge in [0.15, 0.2) is 0 Å². The van der Waals surface area contributed by atoms with Crippen molar-refractivity contribution >= 4 is 27.8 Å². The van der Waals surface area contributed by atoms with Crippen molar-refractivity contribution in [2.24, 2.45) is 0 Å². The molecule has 3 aromatic carbocycles. The third kappa shape index (κ3) is 3.64. The van der Waals surface area contributed by atoms with Crippen LogP contribution in [0.4, 0.5) is 4.39 Å². The standard InChI is InChI=1S/C28H23FN4O2/c1-16-12-20(8-9-22(16)29)33-24-13-19-15-31-32-23(19)14-21(24)25(26(33)28(2,3)10-11-30)17-4-6-18(7-5-17)27(34)35/h4-9,12-15H,10H2,1-3H3,(H,31,32)(H,34,35). The monoisotopic (exact) mass is 466 g/mol. The largest absolute Gasteiger partial charge is 0.478 e. The van der Waals surface area contributed by atoms with Gasteiger partial charge in [0.1, 0.15) is 5.82 Å². The Kier molecular flexibility index (Phi) is 5.17. The van der Waals surface area contributed by atoms with E-state index in [0.29, 0.717) is 5.56 Å². The number of carboxylic acids is 1. The SMILES string of the molecule is Cc1cc(-n2c(C(C)(C)CC#N)c(-c3ccc(C(=O)O)cc3)c3cc4[nH]ncc4cc32)ccc1F. The number of nitrogens with one attached hydrogen (secondary N) is 1. The zero-order valence-electron chi connectivity index (χ0n) is 19.6. The van der Waals surface area contributed by atoms with Crippen LogP contribution in [0.25, 0.3) is 38.6 Å². The van der Waals surface area contributed by atoms with Gasteiger partial charge in [-0.05, 0) is 60.5 Å². The number of halogens is 1. The Bertz CT molecular complexity index is 1650. The highest BCUT2D eigenvalue weighted by Crippen LogP contribution is 2.45. The average molecular weight is 467 g/mol. The molecule has 0 fully saturated rings. The number of aryl methyl sites for hydroxylation is 1. The van der Waals surface area contributed by atoms with Crippen molar-refractivity contribution < 1.29 is 14.3 Å². The van der Waals surface area contributed by atoms with E-state index in [4.69, 9.17) is 0 Å². The zero-order valence-corrected chi connectivity index (χ0v) is 19.6. The van der Waals surface area contributed by atoms with Gasteiger partial charge in [-0.25, -0.2) is 9.18 Å². The Morgan fingerprint density at radius 2 is 1.91 bits per heavy atom. The number of aromatic nitrogens is 3. The molecule has 0 spiro atoms. The van der Waals surface area contributed by atoms with Crippen LogP contribution in [0.15, 0.2) is 60.8 Å². The summed E-state index contributed by atoms with van der Waals surface area (Å²) in [7, 11) is 0. The number of aromatic carboxylic acids is 1. The van der Waals surface area contributed by atoms with Crippen LogP contribution in [0.1, 0.15) is 41.9 Å². The van der Waals surface area contributed by atoms with Crippen LogP contribution in [0.5, 0.6) is 0 Å². The summed E-state index contributed by atoms with van der Waals surface area (Å²) >= 11 is 0. The summed E-state index contributed by atoms with van der Waals surface area (Å²) in [5.74, 6) is -1.28. The van der Waals surface area contributed by atoms with E-state index < -0.39 is 11.4 Å². The number of carbonyl (C=O) groups is 1. The molecule has 0 saturated heterocycles. The molecular formula is C28H23FN4O2. The van der Waals surface area contributed by atoms with Crippen molar-refractivity contribution in [3.63, 3.8) is 0 Å². The van der Waals surface area contributed by atoms with E-state index in [1.54, 1.807) is 49.5 Å². The smallest absolute Gasteiger partial charge is 0.335 e.